The molecule has 3 aliphatic rings. The minimum atomic E-state index is -0.540. The van der Waals surface area contributed by atoms with E-state index in [1.165, 1.54) is 0 Å². The van der Waals surface area contributed by atoms with Crippen LogP contribution < -0.4 is 14.5 Å². The number of hydrogen-bond donors (Lipinski definition) is 0. The first-order valence-corrected chi connectivity index (χ1v) is 12.8. The van der Waals surface area contributed by atoms with E-state index in [0.29, 0.717) is 48.7 Å². The molecule has 6 rings (SSSR count). The van der Waals surface area contributed by atoms with Crippen molar-refractivity contribution < 1.29 is 28.6 Å². The lowest BCUT2D eigenvalue weighted by atomic mass is 10.0. The molecule has 0 bridgehead atoms. The molecule has 3 aromatic rings. The van der Waals surface area contributed by atoms with Crippen LogP contribution in [0.25, 0.3) is 5.69 Å². The van der Waals surface area contributed by atoms with Crippen molar-refractivity contribution in [2.45, 2.75) is 32.8 Å². The van der Waals surface area contributed by atoms with Crippen molar-refractivity contribution in [2.75, 3.05) is 42.7 Å². The smallest absolute Gasteiger partial charge is 0.359 e. The number of nitrogens with zero attached hydrogens (tertiary/aromatic N) is 4. The normalized spacial score (nSPS) is 18.7. The summed E-state index contributed by atoms with van der Waals surface area (Å²) in [5.41, 5.74) is 4.28. The lowest BCUT2D eigenvalue weighted by Crippen LogP contribution is -2.45. The van der Waals surface area contributed by atoms with E-state index in [9.17, 15) is 14.4 Å². The van der Waals surface area contributed by atoms with Gasteiger partial charge in [-0.05, 0) is 68.3 Å². The number of rotatable bonds is 5. The number of hydrogen-bond acceptors (Lipinski definition) is 7. The Kier molecular flexibility index (Phi) is 6.11. The summed E-state index contributed by atoms with van der Waals surface area (Å²) < 4.78 is 17.9. The third-order valence-electron chi connectivity index (χ3n) is 7.11. The van der Waals surface area contributed by atoms with Crippen LogP contribution in [0.2, 0.25) is 0 Å². The van der Waals surface area contributed by atoms with Gasteiger partial charge in [-0.1, -0.05) is 0 Å². The number of benzene rings is 2. The first-order valence-electron chi connectivity index (χ1n) is 12.8. The molecule has 10 nitrogen and oxygen atoms in total. The highest BCUT2D eigenvalue weighted by Crippen LogP contribution is 2.33. The number of anilines is 2. The first kappa shape index (κ1) is 24.2. The highest BCUT2D eigenvalue weighted by molar-refractivity contribution is 6.09. The summed E-state index contributed by atoms with van der Waals surface area (Å²) in [6, 6.07) is 13.0. The zero-order valence-electron chi connectivity index (χ0n) is 21.3. The van der Waals surface area contributed by atoms with Gasteiger partial charge in [0.25, 0.3) is 11.8 Å². The van der Waals surface area contributed by atoms with E-state index in [0.717, 1.165) is 23.4 Å². The van der Waals surface area contributed by atoms with Crippen molar-refractivity contribution in [2.24, 2.45) is 0 Å². The highest BCUT2D eigenvalue weighted by Gasteiger charge is 2.36. The lowest BCUT2D eigenvalue weighted by molar-refractivity contribution is -0.128. The van der Waals surface area contributed by atoms with Crippen LogP contribution in [0, 0.1) is 0 Å². The Labute approximate surface area is 219 Å². The first-order chi connectivity index (χ1) is 18.4. The minimum Gasteiger partial charge on any atom is -0.493 e. The Morgan fingerprint density at radius 3 is 2.55 bits per heavy atom. The van der Waals surface area contributed by atoms with Gasteiger partial charge in [0.2, 0.25) is 0 Å². The van der Waals surface area contributed by atoms with Crippen LogP contribution in [0.3, 0.4) is 0 Å². The molecule has 1 saturated heterocycles. The Morgan fingerprint density at radius 2 is 1.79 bits per heavy atom. The molecule has 3 aliphatic heterocycles. The maximum atomic E-state index is 13.9. The Morgan fingerprint density at radius 1 is 1.05 bits per heavy atom. The second-order valence-electron chi connectivity index (χ2n) is 9.55. The van der Waals surface area contributed by atoms with Crippen LogP contribution in [-0.2, 0) is 27.1 Å². The van der Waals surface area contributed by atoms with Crippen LogP contribution in [0.15, 0.2) is 42.5 Å². The zero-order chi connectivity index (χ0) is 26.4. The summed E-state index contributed by atoms with van der Waals surface area (Å²) in [5, 5.41) is 4.57. The molecule has 1 aromatic heterocycles. The predicted molar refractivity (Wildman–Crippen MR) is 138 cm³/mol. The molecule has 1 unspecified atom stereocenters. The van der Waals surface area contributed by atoms with Crippen molar-refractivity contribution >= 4 is 29.2 Å². The third-order valence-corrected chi connectivity index (χ3v) is 7.11. The quantitative estimate of drug-likeness (QED) is 0.481. The van der Waals surface area contributed by atoms with Crippen molar-refractivity contribution in [1.82, 2.24) is 9.78 Å². The summed E-state index contributed by atoms with van der Waals surface area (Å²) in [6.07, 6.45) is 1.17. The van der Waals surface area contributed by atoms with E-state index >= 15 is 0 Å². The summed E-state index contributed by atoms with van der Waals surface area (Å²) in [7, 11) is 0. The maximum Gasteiger partial charge on any atom is 0.359 e. The molecule has 2 amide bonds. The van der Waals surface area contributed by atoms with Gasteiger partial charge in [0.05, 0.1) is 31.5 Å². The fraction of sp³-hybridized carbons (Fsp3) is 0.357. The average molecular weight is 517 g/mol. The van der Waals surface area contributed by atoms with Gasteiger partial charge < -0.3 is 24.0 Å². The van der Waals surface area contributed by atoms with Crippen LogP contribution in [0.5, 0.6) is 5.75 Å². The number of esters is 1. The number of ether oxygens (including phenoxy) is 3. The molecule has 1 atom stereocenters. The SMILES string of the molecule is CCOC(=O)c1nn(-c2ccc3c(c2)CCO3)c2c1CCN(c1ccc(N3CC(C)OCC3=O)cc1)C2=O. The molecular formula is C28H28N4O6. The van der Waals surface area contributed by atoms with E-state index in [-0.39, 0.29) is 36.8 Å². The van der Waals surface area contributed by atoms with Crippen molar-refractivity contribution in [3.63, 3.8) is 0 Å². The molecule has 0 saturated carbocycles. The van der Waals surface area contributed by atoms with Gasteiger partial charge >= 0.3 is 5.97 Å². The highest BCUT2D eigenvalue weighted by atomic mass is 16.5. The second kappa shape index (κ2) is 9.60. The largest absolute Gasteiger partial charge is 0.493 e. The molecule has 0 radical (unpaired) electrons. The third kappa shape index (κ3) is 4.10. The van der Waals surface area contributed by atoms with E-state index in [4.69, 9.17) is 14.2 Å². The zero-order valence-corrected chi connectivity index (χ0v) is 21.3. The van der Waals surface area contributed by atoms with Crippen LogP contribution >= 0.6 is 0 Å². The number of morpholine rings is 1. The monoisotopic (exact) mass is 516 g/mol. The summed E-state index contributed by atoms with van der Waals surface area (Å²) >= 11 is 0. The molecule has 0 spiro atoms. The molecule has 10 heteroatoms. The summed E-state index contributed by atoms with van der Waals surface area (Å²) in [5.74, 6) is -0.0665. The van der Waals surface area contributed by atoms with E-state index in [1.807, 2.05) is 49.4 Å². The Hall–Kier alpha value is -4.18. The van der Waals surface area contributed by atoms with Crippen molar-refractivity contribution in [1.29, 1.82) is 0 Å². The van der Waals surface area contributed by atoms with Crippen LogP contribution in [0.1, 0.15) is 46.0 Å². The van der Waals surface area contributed by atoms with Gasteiger partial charge in [-0.15, -0.1) is 0 Å². The van der Waals surface area contributed by atoms with Crippen molar-refractivity contribution in [3.8, 4) is 11.4 Å². The van der Waals surface area contributed by atoms with Gasteiger partial charge in [-0.3, -0.25) is 9.59 Å². The number of aromatic nitrogens is 2. The average Bonchev–Trinajstić information content (AvgIpc) is 3.55. The molecular weight excluding hydrogens is 488 g/mol. The van der Waals surface area contributed by atoms with Gasteiger partial charge in [-0.25, -0.2) is 9.48 Å². The van der Waals surface area contributed by atoms with E-state index in [1.54, 1.807) is 21.4 Å². The predicted octanol–water partition coefficient (Wildman–Crippen LogP) is 2.94. The van der Waals surface area contributed by atoms with Gasteiger partial charge in [0.1, 0.15) is 18.1 Å². The fourth-order valence-corrected chi connectivity index (χ4v) is 5.23. The number of amides is 2. The van der Waals surface area contributed by atoms with E-state index < -0.39 is 5.97 Å². The maximum absolute atomic E-state index is 13.9. The van der Waals surface area contributed by atoms with Gasteiger partial charge in [0, 0.05) is 29.9 Å². The molecule has 38 heavy (non-hydrogen) atoms. The Balaban J connectivity index is 1.35. The standard InChI is InChI=1S/C28H28N4O6/c1-3-36-28(35)25-22-10-12-30(19-4-6-20(7-5-19)31-15-17(2)38-16-24(31)33)27(34)26(22)32(29-25)21-8-9-23-18(14-21)11-13-37-23/h4-9,14,17H,3,10-13,15-16H2,1-2H3. The topological polar surface area (TPSA) is 103 Å². The van der Waals surface area contributed by atoms with Gasteiger partial charge in [-0.2, -0.15) is 5.10 Å². The molecule has 196 valence electrons. The summed E-state index contributed by atoms with van der Waals surface area (Å²) in [6.45, 7) is 5.41. The molecule has 2 aromatic carbocycles. The molecule has 0 N–H and O–H groups in total. The second-order valence-corrected chi connectivity index (χ2v) is 9.55. The van der Waals surface area contributed by atoms with Crippen molar-refractivity contribution in [3.05, 3.63) is 65.0 Å². The fourth-order valence-electron chi connectivity index (χ4n) is 5.23. The number of carbonyl (C=O) groups is 3. The molecule has 4 heterocycles. The van der Waals surface area contributed by atoms with E-state index in [2.05, 4.69) is 5.10 Å². The molecule has 0 aliphatic carbocycles. The van der Waals surface area contributed by atoms with Crippen LogP contribution in [0.4, 0.5) is 11.4 Å². The molecule has 1 fully saturated rings. The summed E-state index contributed by atoms with van der Waals surface area (Å²) in [4.78, 5) is 42.4. The lowest BCUT2D eigenvalue weighted by Gasteiger charge is -2.32. The minimum absolute atomic E-state index is 0.0471. The van der Waals surface area contributed by atoms with Gasteiger partial charge in [0.15, 0.2) is 5.69 Å². The van der Waals surface area contributed by atoms with Crippen LogP contribution in [-0.4, -0.2) is 66.6 Å². The number of fused-ring (bicyclic) bond motifs is 2. The number of carbonyl (C=O) groups excluding carboxylic acids is 3. The Bertz CT molecular complexity index is 1430.